The third-order valence-corrected chi connectivity index (χ3v) is 5.57. The highest BCUT2D eigenvalue weighted by Crippen LogP contribution is 2.35. The van der Waals surface area contributed by atoms with Crippen LogP contribution in [0, 0.1) is 0 Å². The summed E-state index contributed by atoms with van der Waals surface area (Å²) >= 11 is 3.74. The summed E-state index contributed by atoms with van der Waals surface area (Å²) in [6.07, 6.45) is 7.56. The Labute approximate surface area is 138 Å². The molecule has 1 aromatic carbocycles. The molecule has 0 spiro atoms. The average Bonchev–Trinajstić information content (AvgIpc) is 2.74. The van der Waals surface area contributed by atoms with Crippen LogP contribution < -0.4 is 5.73 Å². The Morgan fingerprint density at radius 3 is 2.67 bits per heavy atom. The minimum Gasteiger partial charge on any atom is -0.326 e. The molecular weight excluding hydrogens is 324 g/mol. The first-order valence-corrected chi connectivity index (χ1v) is 9.24. The Bertz CT molecular complexity index is 435. The van der Waals surface area contributed by atoms with Gasteiger partial charge in [-0.25, -0.2) is 0 Å². The van der Waals surface area contributed by atoms with Crippen LogP contribution in [-0.2, 0) is 0 Å². The van der Waals surface area contributed by atoms with Gasteiger partial charge in [-0.2, -0.15) is 0 Å². The molecule has 0 aromatic heterocycles. The van der Waals surface area contributed by atoms with E-state index in [2.05, 4.69) is 58.9 Å². The fourth-order valence-electron chi connectivity index (χ4n) is 3.60. The normalized spacial score (nSPS) is 23.5. The summed E-state index contributed by atoms with van der Waals surface area (Å²) in [5, 5.41) is 0. The van der Waals surface area contributed by atoms with Crippen LogP contribution in [0.25, 0.3) is 0 Å². The van der Waals surface area contributed by atoms with Gasteiger partial charge >= 0.3 is 0 Å². The minimum absolute atomic E-state index is 0.191. The predicted octanol–water partition coefficient (Wildman–Crippen LogP) is 4.88. The summed E-state index contributed by atoms with van der Waals surface area (Å²) in [5.41, 5.74) is 7.91. The standard InChI is InChI=1S/C18H29BrN2/c1-3-14-10-6-5-9-13-21(14)18(17(20)4-2)15-11-7-8-12-16(15)19/h7-8,11-12,14,17-18H,3-6,9-10,13,20H2,1-2H3. The molecule has 0 radical (unpaired) electrons. The SMILES string of the molecule is CCC(N)C(c1ccccc1Br)N1CCCCCC1CC. The Morgan fingerprint density at radius 1 is 1.24 bits per heavy atom. The van der Waals surface area contributed by atoms with Crippen molar-refractivity contribution < 1.29 is 0 Å². The highest BCUT2D eigenvalue weighted by Gasteiger charge is 2.32. The number of hydrogen-bond acceptors (Lipinski definition) is 2. The second-order valence-electron chi connectivity index (χ2n) is 6.19. The number of nitrogens with zero attached hydrogens (tertiary/aromatic N) is 1. The molecule has 1 aliphatic rings. The van der Waals surface area contributed by atoms with E-state index in [0.29, 0.717) is 12.1 Å². The van der Waals surface area contributed by atoms with Crippen LogP contribution in [0.2, 0.25) is 0 Å². The zero-order valence-corrected chi connectivity index (χ0v) is 15.0. The van der Waals surface area contributed by atoms with Crippen molar-refractivity contribution in [1.29, 1.82) is 0 Å². The number of likely N-dealkylation sites (tertiary alicyclic amines) is 1. The van der Waals surface area contributed by atoms with Gasteiger partial charge in [0.25, 0.3) is 0 Å². The molecule has 118 valence electrons. The highest BCUT2D eigenvalue weighted by atomic mass is 79.9. The number of benzene rings is 1. The van der Waals surface area contributed by atoms with E-state index >= 15 is 0 Å². The first-order chi connectivity index (χ1) is 10.2. The largest absolute Gasteiger partial charge is 0.326 e. The van der Waals surface area contributed by atoms with Crippen LogP contribution in [0.5, 0.6) is 0 Å². The maximum absolute atomic E-state index is 6.55. The van der Waals surface area contributed by atoms with Crippen molar-refractivity contribution in [3.05, 3.63) is 34.3 Å². The van der Waals surface area contributed by atoms with Gasteiger partial charge in [-0.05, 0) is 43.9 Å². The van der Waals surface area contributed by atoms with E-state index in [-0.39, 0.29) is 6.04 Å². The summed E-state index contributed by atoms with van der Waals surface area (Å²) in [6, 6.07) is 9.79. The quantitative estimate of drug-likeness (QED) is 0.817. The molecule has 1 saturated heterocycles. The lowest BCUT2D eigenvalue weighted by Crippen LogP contribution is -2.46. The van der Waals surface area contributed by atoms with Crippen molar-refractivity contribution in [3.63, 3.8) is 0 Å². The fourth-order valence-corrected chi connectivity index (χ4v) is 4.12. The maximum Gasteiger partial charge on any atom is 0.0513 e. The van der Waals surface area contributed by atoms with Gasteiger partial charge in [0.05, 0.1) is 6.04 Å². The van der Waals surface area contributed by atoms with Crippen molar-refractivity contribution >= 4 is 15.9 Å². The Hall–Kier alpha value is -0.380. The van der Waals surface area contributed by atoms with Gasteiger partial charge in [0, 0.05) is 16.6 Å². The average molecular weight is 353 g/mol. The fraction of sp³-hybridized carbons (Fsp3) is 0.667. The van der Waals surface area contributed by atoms with E-state index < -0.39 is 0 Å². The smallest absolute Gasteiger partial charge is 0.0513 e. The summed E-state index contributed by atoms with van der Waals surface area (Å²) < 4.78 is 1.19. The molecule has 1 aromatic rings. The van der Waals surface area contributed by atoms with Crippen LogP contribution in [0.15, 0.2) is 28.7 Å². The van der Waals surface area contributed by atoms with E-state index in [1.54, 1.807) is 0 Å². The van der Waals surface area contributed by atoms with Crippen molar-refractivity contribution in [2.75, 3.05) is 6.54 Å². The van der Waals surface area contributed by atoms with Gasteiger partial charge in [0.15, 0.2) is 0 Å². The number of halogens is 1. The Kier molecular flexibility index (Phi) is 6.72. The zero-order chi connectivity index (χ0) is 15.2. The maximum atomic E-state index is 6.55. The Balaban J connectivity index is 2.36. The summed E-state index contributed by atoms with van der Waals surface area (Å²) in [6.45, 7) is 5.70. The van der Waals surface area contributed by atoms with E-state index in [1.807, 2.05) is 0 Å². The van der Waals surface area contributed by atoms with Crippen molar-refractivity contribution in [2.45, 2.75) is 70.5 Å². The third kappa shape index (κ3) is 4.08. The lowest BCUT2D eigenvalue weighted by Gasteiger charge is -2.40. The zero-order valence-electron chi connectivity index (χ0n) is 13.4. The third-order valence-electron chi connectivity index (χ3n) is 4.85. The van der Waals surface area contributed by atoms with Crippen LogP contribution >= 0.6 is 15.9 Å². The van der Waals surface area contributed by atoms with E-state index in [4.69, 9.17) is 5.73 Å². The molecule has 0 saturated carbocycles. The monoisotopic (exact) mass is 352 g/mol. The van der Waals surface area contributed by atoms with E-state index in [9.17, 15) is 0 Å². The number of rotatable bonds is 5. The second-order valence-corrected chi connectivity index (χ2v) is 7.04. The molecule has 2 rings (SSSR count). The van der Waals surface area contributed by atoms with Crippen molar-refractivity contribution in [2.24, 2.45) is 5.73 Å². The van der Waals surface area contributed by atoms with Crippen molar-refractivity contribution in [3.8, 4) is 0 Å². The van der Waals surface area contributed by atoms with Crippen LogP contribution in [0.4, 0.5) is 0 Å². The van der Waals surface area contributed by atoms with Gasteiger partial charge in [-0.1, -0.05) is 60.8 Å². The molecule has 2 N–H and O–H groups in total. The number of nitrogens with two attached hydrogens (primary N) is 1. The lowest BCUT2D eigenvalue weighted by atomic mass is 9.93. The predicted molar refractivity (Wildman–Crippen MR) is 94.4 cm³/mol. The first-order valence-electron chi connectivity index (χ1n) is 8.44. The molecule has 0 amide bonds. The summed E-state index contributed by atoms with van der Waals surface area (Å²) in [5.74, 6) is 0. The molecule has 21 heavy (non-hydrogen) atoms. The lowest BCUT2D eigenvalue weighted by molar-refractivity contribution is 0.111. The van der Waals surface area contributed by atoms with Crippen LogP contribution in [0.1, 0.15) is 64.0 Å². The van der Waals surface area contributed by atoms with Crippen LogP contribution in [-0.4, -0.2) is 23.5 Å². The van der Waals surface area contributed by atoms with E-state index in [0.717, 1.165) is 6.42 Å². The van der Waals surface area contributed by atoms with Crippen molar-refractivity contribution in [1.82, 2.24) is 4.90 Å². The van der Waals surface area contributed by atoms with Crippen LogP contribution in [0.3, 0.4) is 0 Å². The topological polar surface area (TPSA) is 29.3 Å². The molecule has 1 aliphatic heterocycles. The molecule has 3 heteroatoms. The van der Waals surface area contributed by atoms with E-state index in [1.165, 1.54) is 48.7 Å². The molecule has 3 unspecified atom stereocenters. The molecule has 0 aliphatic carbocycles. The molecular formula is C18H29BrN2. The minimum atomic E-state index is 0.191. The Morgan fingerprint density at radius 2 is 2.00 bits per heavy atom. The molecule has 1 fully saturated rings. The molecule has 1 heterocycles. The summed E-state index contributed by atoms with van der Waals surface area (Å²) in [7, 11) is 0. The van der Waals surface area contributed by atoms with Gasteiger partial charge in [0.2, 0.25) is 0 Å². The van der Waals surface area contributed by atoms with Gasteiger partial charge in [-0.3, -0.25) is 4.90 Å². The summed E-state index contributed by atoms with van der Waals surface area (Å²) in [4.78, 5) is 2.70. The molecule has 0 bridgehead atoms. The van der Waals surface area contributed by atoms with Gasteiger partial charge in [-0.15, -0.1) is 0 Å². The van der Waals surface area contributed by atoms with Gasteiger partial charge in [0.1, 0.15) is 0 Å². The first kappa shape index (κ1) is 17.0. The number of hydrogen-bond donors (Lipinski definition) is 1. The molecule has 3 atom stereocenters. The highest BCUT2D eigenvalue weighted by molar-refractivity contribution is 9.10. The molecule has 2 nitrogen and oxygen atoms in total. The van der Waals surface area contributed by atoms with Gasteiger partial charge < -0.3 is 5.73 Å². The second kappa shape index (κ2) is 8.30.